The van der Waals surface area contributed by atoms with Gasteiger partial charge < -0.3 is 20.3 Å². The van der Waals surface area contributed by atoms with E-state index in [0.29, 0.717) is 35.8 Å². The van der Waals surface area contributed by atoms with Gasteiger partial charge in [0.25, 0.3) is 5.91 Å². The molecule has 0 saturated heterocycles. The molecule has 36 heavy (non-hydrogen) atoms. The summed E-state index contributed by atoms with van der Waals surface area (Å²) in [7, 11) is 0. The van der Waals surface area contributed by atoms with Crippen molar-refractivity contribution in [3.8, 4) is 5.75 Å². The fourth-order valence-electron chi connectivity index (χ4n) is 3.78. The van der Waals surface area contributed by atoms with Gasteiger partial charge in [0.05, 0.1) is 12.2 Å². The highest BCUT2D eigenvalue weighted by Gasteiger charge is 2.16. The molecule has 0 aliphatic heterocycles. The third kappa shape index (κ3) is 6.51. The maximum absolute atomic E-state index is 13.1. The summed E-state index contributed by atoms with van der Waals surface area (Å²) in [6.45, 7) is 2.94. The molecule has 2 N–H and O–H groups in total. The predicted octanol–water partition coefficient (Wildman–Crippen LogP) is 5.98. The first-order chi connectivity index (χ1) is 17.6. The van der Waals surface area contributed by atoms with Crippen molar-refractivity contribution in [2.24, 2.45) is 0 Å². The Kier molecular flexibility index (Phi) is 8.33. The van der Waals surface area contributed by atoms with Crippen molar-refractivity contribution in [2.45, 2.75) is 13.5 Å². The number of carbonyl (C=O) groups excluding carboxylic acids is 2. The van der Waals surface area contributed by atoms with Gasteiger partial charge in [-0.25, -0.2) is 0 Å². The lowest BCUT2D eigenvalue weighted by Gasteiger charge is -2.21. The zero-order chi connectivity index (χ0) is 25.2. The fraction of sp³-hybridized carbons (Fsp3) is 0.133. The Morgan fingerprint density at radius 3 is 2.25 bits per heavy atom. The van der Waals surface area contributed by atoms with E-state index in [4.69, 9.17) is 4.74 Å². The molecule has 2 amide bonds. The first kappa shape index (κ1) is 24.5. The predicted molar refractivity (Wildman–Crippen MR) is 145 cm³/mol. The molecule has 4 aromatic carbocycles. The number of rotatable bonds is 10. The van der Waals surface area contributed by atoms with E-state index < -0.39 is 0 Å². The number of para-hydroxylation sites is 3. The molecular weight excluding hydrogens is 450 g/mol. The van der Waals surface area contributed by atoms with Crippen LogP contribution in [0.5, 0.6) is 5.75 Å². The van der Waals surface area contributed by atoms with E-state index in [1.54, 1.807) is 29.2 Å². The van der Waals surface area contributed by atoms with Gasteiger partial charge in [0.2, 0.25) is 5.91 Å². The average molecular weight is 480 g/mol. The molecule has 0 bridgehead atoms. The van der Waals surface area contributed by atoms with E-state index in [1.165, 1.54) is 0 Å². The lowest BCUT2D eigenvalue weighted by Crippen LogP contribution is -2.30. The van der Waals surface area contributed by atoms with Crippen LogP contribution in [-0.4, -0.2) is 24.9 Å². The molecule has 0 heterocycles. The summed E-state index contributed by atoms with van der Waals surface area (Å²) in [6.07, 6.45) is 0. The van der Waals surface area contributed by atoms with Crippen molar-refractivity contribution in [1.29, 1.82) is 0 Å². The molecule has 0 spiro atoms. The van der Waals surface area contributed by atoms with E-state index >= 15 is 0 Å². The number of nitrogens with zero attached hydrogens (tertiary/aromatic N) is 1. The molecule has 4 aromatic rings. The highest BCUT2D eigenvalue weighted by molar-refractivity contribution is 6.06. The van der Waals surface area contributed by atoms with Crippen LogP contribution in [0.4, 0.5) is 17.1 Å². The van der Waals surface area contributed by atoms with Gasteiger partial charge in [-0.3, -0.25) is 9.59 Å². The molecule has 182 valence electrons. The molecule has 0 atom stereocenters. The van der Waals surface area contributed by atoms with Crippen LogP contribution in [0.3, 0.4) is 0 Å². The number of ether oxygens (including phenoxy) is 1. The zero-order valence-corrected chi connectivity index (χ0v) is 20.2. The Hall–Kier alpha value is -4.58. The Morgan fingerprint density at radius 2 is 1.50 bits per heavy atom. The summed E-state index contributed by atoms with van der Waals surface area (Å²) in [6, 6.07) is 33.9. The van der Waals surface area contributed by atoms with E-state index in [0.717, 1.165) is 11.3 Å². The van der Waals surface area contributed by atoms with Crippen molar-refractivity contribution in [1.82, 2.24) is 0 Å². The number of benzene rings is 4. The van der Waals surface area contributed by atoms with E-state index in [9.17, 15) is 9.59 Å². The van der Waals surface area contributed by atoms with Crippen LogP contribution in [0.1, 0.15) is 22.8 Å². The maximum Gasteiger partial charge on any atom is 0.258 e. The molecule has 4 rings (SSSR count). The Labute approximate surface area is 211 Å². The first-order valence-electron chi connectivity index (χ1n) is 11.9. The molecule has 0 unspecified atom stereocenters. The SMILES string of the molecule is CCN(C(=O)c1cccc(NCC(=O)Nc2ccccc2OCc2ccccc2)c1)c1ccccc1. The fourth-order valence-corrected chi connectivity index (χ4v) is 3.78. The van der Waals surface area contributed by atoms with Crippen molar-refractivity contribution in [3.63, 3.8) is 0 Å². The van der Waals surface area contributed by atoms with Crippen LogP contribution in [0.25, 0.3) is 0 Å². The Bertz CT molecular complexity index is 1290. The van der Waals surface area contributed by atoms with Gasteiger partial charge in [0, 0.05) is 23.5 Å². The maximum atomic E-state index is 13.1. The first-order valence-corrected chi connectivity index (χ1v) is 11.9. The smallest absolute Gasteiger partial charge is 0.258 e. The summed E-state index contributed by atoms with van der Waals surface area (Å²) in [4.78, 5) is 27.5. The van der Waals surface area contributed by atoms with Crippen LogP contribution < -0.4 is 20.3 Å². The molecule has 0 fully saturated rings. The van der Waals surface area contributed by atoms with Crippen LogP contribution in [0.2, 0.25) is 0 Å². The number of carbonyl (C=O) groups is 2. The van der Waals surface area contributed by atoms with Crippen molar-refractivity contribution < 1.29 is 14.3 Å². The second-order valence-electron chi connectivity index (χ2n) is 8.14. The third-order valence-corrected chi connectivity index (χ3v) is 5.59. The average Bonchev–Trinajstić information content (AvgIpc) is 2.93. The molecule has 0 aromatic heterocycles. The van der Waals surface area contributed by atoms with Crippen molar-refractivity contribution in [3.05, 3.63) is 120 Å². The van der Waals surface area contributed by atoms with Gasteiger partial charge in [-0.1, -0.05) is 66.7 Å². The third-order valence-electron chi connectivity index (χ3n) is 5.59. The number of hydrogen-bond acceptors (Lipinski definition) is 4. The van der Waals surface area contributed by atoms with E-state index in [1.807, 2.05) is 91.9 Å². The second kappa shape index (κ2) is 12.2. The van der Waals surface area contributed by atoms with Gasteiger partial charge in [0.1, 0.15) is 12.4 Å². The largest absolute Gasteiger partial charge is 0.487 e. The van der Waals surface area contributed by atoms with Crippen LogP contribution >= 0.6 is 0 Å². The van der Waals surface area contributed by atoms with Crippen LogP contribution in [-0.2, 0) is 11.4 Å². The Balaban J connectivity index is 1.36. The quantitative estimate of drug-likeness (QED) is 0.293. The lowest BCUT2D eigenvalue weighted by atomic mass is 10.1. The number of anilines is 3. The molecular formula is C30H29N3O3. The second-order valence-corrected chi connectivity index (χ2v) is 8.14. The van der Waals surface area contributed by atoms with Gasteiger partial charge in [0.15, 0.2) is 0 Å². The molecule has 6 nitrogen and oxygen atoms in total. The standard InChI is InChI=1S/C30H29N3O3/c1-2-33(26-16-7-4-8-17-26)30(35)24-14-11-15-25(20-24)31-21-29(34)32-27-18-9-10-19-28(27)36-22-23-12-5-3-6-13-23/h3-20,31H,2,21-22H2,1H3,(H,32,34). The van der Waals surface area contributed by atoms with Gasteiger partial charge in [-0.2, -0.15) is 0 Å². The van der Waals surface area contributed by atoms with Crippen LogP contribution in [0.15, 0.2) is 109 Å². The summed E-state index contributed by atoms with van der Waals surface area (Å²) in [5.74, 6) is 0.283. The number of hydrogen-bond donors (Lipinski definition) is 2. The molecule has 0 aliphatic rings. The van der Waals surface area contributed by atoms with Gasteiger partial charge in [-0.15, -0.1) is 0 Å². The summed E-state index contributed by atoms with van der Waals surface area (Å²) < 4.78 is 5.92. The minimum absolute atomic E-state index is 0.0425. The molecule has 6 heteroatoms. The minimum atomic E-state index is -0.220. The molecule has 0 radical (unpaired) electrons. The number of amides is 2. The highest BCUT2D eigenvalue weighted by atomic mass is 16.5. The van der Waals surface area contributed by atoms with E-state index in [2.05, 4.69) is 10.6 Å². The number of nitrogens with one attached hydrogen (secondary N) is 2. The molecule has 0 saturated carbocycles. The van der Waals surface area contributed by atoms with Crippen LogP contribution in [0, 0.1) is 0 Å². The van der Waals surface area contributed by atoms with Crippen molar-refractivity contribution >= 4 is 28.9 Å². The summed E-state index contributed by atoms with van der Waals surface area (Å²) >= 11 is 0. The summed E-state index contributed by atoms with van der Waals surface area (Å²) in [5, 5.41) is 6.01. The zero-order valence-electron chi connectivity index (χ0n) is 20.2. The van der Waals surface area contributed by atoms with Gasteiger partial charge >= 0.3 is 0 Å². The summed E-state index contributed by atoms with van der Waals surface area (Å²) in [5.41, 5.74) is 3.73. The molecule has 0 aliphatic carbocycles. The lowest BCUT2D eigenvalue weighted by molar-refractivity contribution is -0.114. The highest BCUT2D eigenvalue weighted by Crippen LogP contribution is 2.25. The monoisotopic (exact) mass is 479 g/mol. The topological polar surface area (TPSA) is 70.7 Å². The minimum Gasteiger partial charge on any atom is -0.487 e. The normalized spacial score (nSPS) is 10.4. The van der Waals surface area contributed by atoms with E-state index in [-0.39, 0.29) is 18.4 Å². The Morgan fingerprint density at radius 1 is 0.806 bits per heavy atom. The van der Waals surface area contributed by atoms with Crippen molar-refractivity contribution in [2.75, 3.05) is 28.6 Å². The van der Waals surface area contributed by atoms with Gasteiger partial charge in [-0.05, 0) is 55.0 Å².